The molecule has 1 aromatic rings. The van der Waals surface area contributed by atoms with Crippen LogP contribution in [0.5, 0.6) is 11.5 Å². The fourth-order valence-electron chi connectivity index (χ4n) is 2.81. The van der Waals surface area contributed by atoms with Crippen molar-refractivity contribution in [1.29, 1.82) is 0 Å². The van der Waals surface area contributed by atoms with Crippen molar-refractivity contribution in [2.24, 2.45) is 0 Å². The Morgan fingerprint density at radius 3 is 2.40 bits per heavy atom. The van der Waals surface area contributed by atoms with Crippen LogP contribution >= 0.6 is 0 Å². The number of phenols is 1. The molecule has 0 spiro atoms. The summed E-state index contributed by atoms with van der Waals surface area (Å²) in [7, 11) is 5.55. The lowest BCUT2D eigenvalue weighted by molar-refractivity contribution is 0.362. The molecule has 0 saturated carbocycles. The standard InChI is InChI=1S/C21H33NO3/c1-14(2)9-8-10-15(3)19(23)12-18-16(4)21(24)20(25-7)11-17(18)13-22(5)6/h9,11,23-24H,8,10,12-13H2,1-7H3/b19-15+. The minimum Gasteiger partial charge on any atom is -0.512 e. The zero-order valence-electron chi connectivity index (χ0n) is 16.7. The van der Waals surface area contributed by atoms with Crippen LogP contribution in [0.1, 0.15) is 50.3 Å². The predicted molar refractivity (Wildman–Crippen MR) is 104 cm³/mol. The predicted octanol–water partition coefficient (Wildman–Crippen LogP) is 4.89. The highest BCUT2D eigenvalue weighted by Crippen LogP contribution is 2.36. The number of methoxy groups -OCH3 is 1. The zero-order chi connectivity index (χ0) is 19.1. The van der Waals surface area contributed by atoms with Gasteiger partial charge in [-0.15, -0.1) is 0 Å². The first-order valence-corrected chi connectivity index (χ1v) is 8.71. The van der Waals surface area contributed by atoms with Gasteiger partial charge in [-0.1, -0.05) is 11.6 Å². The molecule has 1 aromatic carbocycles. The second-order valence-electron chi connectivity index (χ2n) is 7.15. The molecule has 140 valence electrons. The Kier molecular flexibility index (Phi) is 8.04. The second-order valence-corrected chi connectivity index (χ2v) is 7.15. The van der Waals surface area contributed by atoms with Crippen LogP contribution in [-0.2, 0) is 13.0 Å². The van der Waals surface area contributed by atoms with Crippen molar-refractivity contribution >= 4 is 0 Å². The molecule has 0 fully saturated rings. The Balaban J connectivity index is 3.17. The van der Waals surface area contributed by atoms with Crippen LogP contribution in [0.15, 0.2) is 29.0 Å². The first-order valence-electron chi connectivity index (χ1n) is 8.71. The van der Waals surface area contributed by atoms with E-state index in [0.717, 1.165) is 41.6 Å². The van der Waals surface area contributed by atoms with Gasteiger partial charge in [-0.3, -0.25) is 0 Å². The Labute approximate surface area is 152 Å². The third-order valence-electron chi connectivity index (χ3n) is 4.35. The molecule has 0 aliphatic carbocycles. The van der Waals surface area contributed by atoms with E-state index in [1.165, 1.54) is 5.57 Å². The van der Waals surface area contributed by atoms with Crippen molar-refractivity contribution < 1.29 is 14.9 Å². The zero-order valence-corrected chi connectivity index (χ0v) is 16.7. The van der Waals surface area contributed by atoms with E-state index in [2.05, 4.69) is 24.8 Å². The van der Waals surface area contributed by atoms with Crippen LogP contribution in [0, 0.1) is 6.92 Å². The van der Waals surface area contributed by atoms with E-state index in [9.17, 15) is 10.2 Å². The van der Waals surface area contributed by atoms with Crippen LogP contribution in [0.2, 0.25) is 0 Å². The number of rotatable bonds is 8. The van der Waals surface area contributed by atoms with Gasteiger partial charge in [-0.2, -0.15) is 0 Å². The van der Waals surface area contributed by atoms with E-state index in [1.54, 1.807) is 7.11 Å². The molecule has 4 nitrogen and oxygen atoms in total. The third-order valence-corrected chi connectivity index (χ3v) is 4.35. The van der Waals surface area contributed by atoms with Gasteiger partial charge in [0.05, 0.1) is 12.9 Å². The van der Waals surface area contributed by atoms with Crippen molar-refractivity contribution in [3.63, 3.8) is 0 Å². The van der Waals surface area contributed by atoms with Crippen LogP contribution < -0.4 is 4.74 Å². The average Bonchev–Trinajstić information content (AvgIpc) is 2.53. The number of allylic oxidation sites excluding steroid dienone is 4. The molecule has 0 bridgehead atoms. The summed E-state index contributed by atoms with van der Waals surface area (Å²) in [6.07, 6.45) is 4.36. The molecular formula is C21H33NO3. The van der Waals surface area contributed by atoms with Gasteiger partial charge in [0.2, 0.25) is 0 Å². The average molecular weight is 347 g/mol. The maximum Gasteiger partial charge on any atom is 0.161 e. The largest absolute Gasteiger partial charge is 0.512 e. The molecule has 2 N–H and O–H groups in total. The van der Waals surface area contributed by atoms with Gasteiger partial charge in [-0.05, 0) is 83.0 Å². The lowest BCUT2D eigenvalue weighted by Crippen LogP contribution is -2.14. The van der Waals surface area contributed by atoms with Gasteiger partial charge in [0.15, 0.2) is 11.5 Å². The lowest BCUT2D eigenvalue weighted by atomic mass is 9.94. The van der Waals surface area contributed by atoms with Crippen molar-refractivity contribution in [2.75, 3.05) is 21.2 Å². The summed E-state index contributed by atoms with van der Waals surface area (Å²) in [5.74, 6) is 1.01. The van der Waals surface area contributed by atoms with Crippen molar-refractivity contribution in [3.8, 4) is 11.5 Å². The Morgan fingerprint density at radius 2 is 1.88 bits per heavy atom. The minimum absolute atomic E-state index is 0.148. The first kappa shape index (κ1) is 21.1. The SMILES string of the molecule is COc1cc(CN(C)C)c(C/C(O)=C(/C)CCC=C(C)C)c(C)c1O. The van der Waals surface area contributed by atoms with E-state index >= 15 is 0 Å². The number of nitrogens with zero attached hydrogens (tertiary/aromatic N) is 1. The number of phenolic OH excluding ortho intramolecular Hbond substituents is 1. The number of hydrogen-bond donors (Lipinski definition) is 2. The normalized spacial score (nSPS) is 12.2. The second kappa shape index (κ2) is 9.52. The first-order chi connectivity index (χ1) is 11.7. The fraction of sp³-hybridized carbons (Fsp3) is 0.524. The van der Waals surface area contributed by atoms with Gasteiger partial charge in [0.25, 0.3) is 0 Å². The molecule has 25 heavy (non-hydrogen) atoms. The summed E-state index contributed by atoms with van der Waals surface area (Å²) in [5.41, 5.74) is 5.06. The summed E-state index contributed by atoms with van der Waals surface area (Å²) >= 11 is 0. The van der Waals surface area contributed by atoms with E-state index in [4.69, 9.17) is 4.74 Å². The fourth-order valence-corrected chi connectivity index (χ4v) is 2.81. The number of ether oxygens (including phenoxy) is 1. The Hall–Kier alpha value is -1.94. The molecule has 0 aliphatic rings. The van der Waals surface area contributed by atoms with Crippen molar-refractivity contribution in [3.05, 3.63) is 45.7 Å². The molecule has 0 saturated heterocycles. The summed E-state index contributed by atoms with van der Waals surface area (Å²) in [4.78, 5) is 2.07. The summed E-state index contributed by atoms with van der Waals surface area (Å²) in [6, 6.07) is 1.86. The molecule has 0 atom stereocenters. The highest BCUT2D eigenvalue weighted by molar-refractivity contribution is 5.54. The lowest BCUT2D eigenvalue weighted by Gasteiger charge is -2.20. The topological polar surface area (TPSA) is 52.9 Å². The monoisotopic (exact) mass is 347 g/mol. The molecular weight excluding hydrogens is 314 g/mol. The highest BCUT2D eigenvalue weighted by Gasteiger charge is 2.17. The van der Waals surface area contributed by atoms with E-state index < -0.39 is 0 Å². The molecule has 0 radical (unpaired) electrons. The van der Waals surface area contributed by atoms with Gasteiger partial charge < -0.3 is 19.8 Å². The molecule has 4 heteroatoms. The number of aromatic hydroxyl groups is 1. The maximum absolute atomic E-state index is 10.6. The minimum atomic E-state index is 0.148. The quantitative estimate of drug-likeness (QED) is 0.519. The molecule has 0 unspecified atom stereocenters. The summed E-state index contributed by atoms with van der Waals surface area (Å²) in [5, 5.41) is 20.9. The summed E-state index contributed by atoms with van der Waals surface area (Å²) in [6.45, 7) is 8.72. The molecule has 0 aliphatic heterocycles. The van der Waals surface area contributed by atoms with E-state index in [1.807, 2.05) is 34.0 Å². The van der Waals surface area contributed by atoms with Crippen molar-refractivity contribution in [1.82, 2.24) is 4.90 Å². The number of benzene rings is 1. The van der Waals surface area contributed by atoms with E-state index in [-0.39, 0.29) is 5.75 Å². The van der Waals surface area contributed by atoms with Gasteiger partial charge in [-0.25, -0.2) is 0 Å². The summed E-state index contributed by atoms with van der Waals surface area (Å²) < 4.78 is 5.28. The third kappa shape index (κ3) is 6.13. The maximum atomic E-state index is 10.6. The molecule has 1 rings (SSSR count). The Bertz CT molecular complexity index is 654. The number of aliphatic hydroxyl groups excluding tert-OH is 1. The van der Waals surface area contributed by atoms with E-state index in [0.29, 0.717) is 17.9 Å². The Morgan fingerprint density at radius 1 is 1.24 bits per heavy atom. The number of hydrogen-bond acceptors (Lipinski definition) is 4. The van der Waals surface area contributed by atoms with Crippen LogP contribution in [0.25, 0.3) is 0 Å². The van der Waals surface area contributed by atoms with Gasteiger partial charge in [0.1, 0.15) is 0 Å². The van der Waals surface area contributed by atoms with Crippen LogP contribution in [0.3, 0.4) is 0 Å². The molecule has 0 amide bonds. The van der Waals surface area contributed by atoms with Gasteiger partial charge >= 0.3 is 0 Å². The van der Waals surface area contributed by atoms with Gasteiger partial charge in [0, 0.05) is 13.0 Å². The molecule has 0 heterocycles. The highest BCUT2D eigenvalue weighted by atomic mass is 16.5. The van der Waals surface area contributed by atoms with Crippen LogP contribution in [-0.4, -0.2) is 36.3 Å². The van der Waals surface area contributed by atoms with Crippen LogP contribution in [0.4, 0.5) is 0 Å². The van der Waals surface area contributed by atoms with Crippen molar-refractivity contribution in [2.45, 2.75) is 53.5 Å². The molecule has 0 aromatic heterocycles. The smallest absolute Gasteiger partial charge is 0.161 e. The number of aliphatic hydroxyl groups is 1.